The summed E-state index contributed by atoms with van der Waals surface area (Å²) in [6.07, 6.45) is 3.09. The van der Waals surface area contributed by atoms with Crippen LogP contribution in [0.2, 0.25) is 10.0 Å². The lowest BCUT2D eigenvalue weighted by Crippen LogP contribution is -2.31. The summed E-state index contributed by atoms with van der Waals surface area (Å²) in [7, 11) is 0. The molecule has 1 atom stereocenters. The van der Waals surface area contributed by atoms with E-state index in [0.717, 1.165) is 19.3 Å². The van der Waals surface area contributed by atoms with Gasteiger partial charge in [-0.2, -0.15) is 0 Å². The summed E-state index contributed by atoms with van der Waals surface area (Å²) in [5.74, 6) is -0.177. The Morgan fingerprint density at radius 3 is 2.81 bits per heavy atom. The molecule has 1 aliphatic carbocycles. The van der Waals surface area contributed by atoms with Gasteiger partial charge in [-0.15, -0.1) is 0 Å². The molecule has 0 aliphatic heterocycles. The van der Waals surface area contributed by atoms with Crippen molar-refractivity contribution in [1.82, 2.24) is 5.32 Å². The van der Waals surface area contributed by atoms with Crippen LogP contribution in [0.5, 0.6) is 0 Å². The zero-order valence-electron chi connectivity index (χ0n) is 11.4. The summed E-state index contributed by atoms with van der Waals surface area (Å²) in [5, 5.41) is 4.00. The highest BCUT2D eigenvalue weighted by atomic mass is 35.5. The molecule has 0 saturated heterocycles. The maximum Gasteiger partial charge on any atom is 0.253 e. The van der Waals surface area contributed by atoms with Gasteiger partial charge in [-0.1, -0.05) is 47.5 Å². The van der Waals surface area contributed by atoms with Crippen molar-refractivity contribution in [2.45, 2.75) is 25.3 Å². The minimum absolute atomic E-state index is 0.0394. The van der Waals surface area contributed by atoms with Gasteiger partial charge in [-0.3, -0.25) is 4.79 Å². The maximum absolute atomic E-state index is 12.4. The van der Waals surface area contributed by atoms with Crippen molar-refractivity contribution < 1.29 is 4.79 Å². The van der Waals surface area contributed by atoms with E-state index in [1.807, 2.05) is 12.1 Å². The van der Waals surface area contributed by atoms with Gasteiger partial charge < -0.3 is 5.32 Å². The van der Waals surface area contributed by atoms with E-state index in [-0.39, 0.29) is 11.9 Å². The first-order chi connectivity index (χ1) is 10.1. The first-order valence-corrected chi connectivity index (χ1v) is 7.74. The molecule has 1 amide bonds. The van der Waals surface area contributed by atoms with Crippen LogP contribution >= 0.6 is 23.2 Å². The number of fused-ring (bicyclic) bond motifs is 1. The Hall–Kier alpha value is -1.51. The molecule has 0 radical (unpaired) electrons. The van der Waals surface area contributed by atoms with E-state index < -0.39 is 0 Å². The molecule has 0 saturated carbocycles. The third-order valence-corrected chi connectivity index (χ3v) is 4.41. The second-order valence-corrected chi connectivity index (χ2v) is 6.08. The number of carbonyl (C=O) groups is 1. The number of benzene rings is 2. The minimum atomic E-state index is -0.177. The predicted octanol–water partition coefficient (Wildman–Crippen LogP) is 4.80. The first-order valence-electron chi connectivity index (χ1n) is 6.99. The Kier molecular flexibility index (Phi) is 4.18. The van der Waals surface area contributed by atoms with Gasteiger partial charge in [0, 0.05) is 5.02 Å². The summed E-state index contributed by atoms with van der Waals surface area (Å²) in [6.45, 7) is 0. The normalized spacial score (nSPS) is 17.1. The molecular weight excluding hydrogens is 305 g/mol. The number of amides is 1. The number of aryl methyl sites for hydroxylation is 1. The van der Waals surface area contributed by atoms with Crippen molar-refractivity contribution in [2.75, 3.05) is 0 Å². The Labute approximate surface area is 134 Å². The number of hydrogen-bond donors (Lipinski definition) is 1. The topological polar surface area (TPSA) is 29.1 Å². The molecule has 0 bridgehead atoms. The SMILES string of the molecule is O=C(N[C@@H]1CCCc2ccccc21)c1cc(Cl)ccc1Cl. The lowest BCUT2D eigenvalue weighted by molar-refractivity contribution is 0.0933. The van der Waals surface area contributed by atoms with Gasteiger partial charge in [-0.25, -0.2) is 0 Å². The first kappa shape index (κ1) is 14.4. The van der Waals surface area contributed by atoms with Crippen LogP contribution < -0.4 is 5.32 Å². The quantitative estimate of drug-likeness (QED) is 0.846. The van der Waals surface area contributed by atoms with E-state index in [9.17, 15) is 4.79 Å². The number of nitrogens with one attached hydrogen (secondary N) is 1. The van der Waals surface area contributed by atoms with Crippen molar-refractivity contribution in [2.24, 2.45) is 0 Å². The molecular formula is C17H15Cl2NO. The van der Waals surface area contributed by atoms with E-state index >= 15 is 0 Å². The van der Waals surface area contributed by atoms with Gasteiger partial charge in [0.25, 0.3) is 5.91 Å². The van der Waals surface area contributed by atoms with Crippen LogP contribution in [0.15, 0.2) is 42.5 Å². The fourth-order valence-corrected chi connectivity index (χ4v) is 3.19. The van der Waals surface area contributed by atoms with Crippen molar-refractivity contribution >= 4 is 29.1 Å². The van der Waals surface area contributed by atoms with Crippen molar-refractivity contribution in [3.05, 3.63) is 69.2 Å². The van der Waals surface area contributed by atoms with Gasteiger partial charge in [0.15, 0.2) is 0 Å². The minimum Gasteiger partial charge on any atom is -0.345 e. The van der Waals surface area contributed by atoms with Crippen molar-refractivity contribution in [3.8, 4) is 0 Å². The molecule has 4 heteroatoms. The monoisotopic (exact) mass is 319 g/mol. The van der Waals surface area contributed by atoms with Gasteiger partial charge in [0.1, 0.15) is 0 Å². The van der Waals surface area contributed by atoms with E-state index in [0.29, 0.717) is 15.6 Å². The fourth-order valence-electron chi connectivity index (χ4n) is 2.81. The average Bonchev–Trinajstić information content (AvgIpc) is 2.50. The van der Waals surface area contributed by atoms with Crippen LogP contribution in [0.4, 0.5) is 0 Å². The van der Waals surface area contributed by atoms with Crippen LogP contribution in [0.1, 0.15) is 40.4 Å². The van der Waals surface area contributed by atoms with Crippen LogP contribution in [0.25, 0.3) is 0 Å². The zero-order valence-corrected chi connectivity index (χ0v) is 12.9. The fraction of sp³-hybridized carbons (Fsp3) is 0.235. The lowest BCUT2D eigenvalue weighted by atomic mass is 9.87. The second kappa shape index (κ2) is 6.08. The Bertz CT molecular complexity index is 684. The summed E-state index contributed by atoms with van der Waals surface area (Å²) in [6, 6.07) is 13.2. The maximum atomic E-state index is 12.4. The molecule has 0 unspecified atom stereocenters. The molecule has 21 heavy (non-hydrogen) atoms. The highest BCUT2D eigenvalue weighted by Crippen LogP contribution is 2.30. The molecule has 0 aromatic heterocycles. The molecule has 0 spiro atoms. The molecule has 2 aromatic rings. The third-order valence-electron chi connectivity index (χ3n) is 3.85. The lowest BCUT2D eigenvalue weighted by Gasteiger charge is -2.26. The molecule has 0 fully saturated rings. The number of hydrogen-bond acceptors (Lipinski definition) is 1. The van der Waals surface area contributed by atoms with Crippen LogP contribution in [-0.2, 0) is 6.42 Å². The molecule has 1 aliphatic rings. The summed E-state index contributed by atoms with van der Waals surface area (Å²) in [5.41, 5.74) is 2.94. The van der Waals surface area contributed by atoms with Crippen LogP contribution in [0, 0.1) is 0 Å². The average molecular weight is 320 g/mol. The van der Waals surface area contributed by atoms with Gasteiger partial charge >= 0.3 is 0 Å². The highest BCUT2D eigenvalue weighted by Gasteiger charge is 2.22. The Balaban J connectivity index is 1.84. The smallest absolute Gasteiger partial charge is 0.253 e. The molecule has 108 valence electrons. The standard InChI is InChI=1S/C17H15Cl2NO/c18-12-8-9-15(19)14(10-12)17(21)20-16-7-3-5-11-4-1-2-6-13(11)16/h1-2,4,6,8-10,16H,3,5,7H2,(H,20,21)/t16-/m1/s1. The largest absolute Gasteiger partial charge is 0.345 e. The Morgan fingerprint density at radius 1 is 1.14 bits per heavy atom. The zero-order chi connectivity index (χ0) is 14.8. The molecule has 2 nitrogen and oxygen atoms in total. The summed E-state index contributed by atoms with van der Waals surface area (Å²) < 4.78 is 0. The van der Waals surface area contributed by atoms with E-state index in [2.05, 4.69) is 17.4 Å². The van der Waals surface area contributed by atoms with Gasteiger partial charge in [0.2, 0.25) is 0 Å². The predicted molar refractivity (Wildman–Crippen MR) is 86.0 cm³/mol. The number of rotatable bonds is 2. The molecule has 0 heterocycles. The summed E-state index contributed by atoms with van der Waals surface area (Å²) >= 11 is 12.0. The molecule has 3 rings (SSSR count). The van der Waals surface area contributed by atoms with Crippen LogP contribution in [-0.4, -0.2) is 5.91 Å². The van der Waals surface area contributed by atoms with Gasteiger partial charge in [-0.05, 0) is 48.6 Å². The van der Waals surface area contributed by atoms with Crippen molar-refractivity contribution in [1.29, 1.82) is 0 Å². The molecule has 2 aromatic carbocycles. The summed E-state index contributed by atoms with van der Waals surface area (Å²) in [4.78, 5) is 12.4. The van der Waals surface area contributed by atoms with E-state index in [1.165, 1.54) is 11.1 Å². The van der Waals surface area contributed by atoms with Crippen molar-refractivity contribution in [3.63, 3.8) is 0 Å². The van der Waals surface area contributed by atoms with Gasteiger partial charge in [0.05, 0.1) is 16.6 Å². The van der Waals surface area contributed by atoms with E-state index in [4.69, 9.17) is 23.2 Å². The number of halogens is 2. The molecule has 1 N–H and O–H groups in total. The second-order valence-electron chi connectivity index (χ2n) is 5.24. The Morgan fingerprint density at radius 2 is 1.95 bits per heavy atom. The highest BCUT2D eigenvalue weighted by molar-refractivity contribution is 6.35. The van der Waals surface area contributed by atoms with Crippen LogP contribution in [0.3, 0.4) is 0 Å². The number of carbonyl (C=O) groups excluding carboxylic acids is 1. The third kappa shape index (κ3) is 3.07. The van der Waals surface area contributed by atoms with E-state index in [1.54, 1.807) is 18.2 Å².